The highest BCUT2D eigenvalue weighted by Gasteiger charge is 2.16. The van der Waals surface area contributed by atoms with Crippen LogP contribution in [0.15, 0.2) is 77.4 Å². The fraction of sp³-hybridized carbons (Fsp3) is 0.0526. The summed E-state index contributed by atoms with van der Waals surface area (Å²) in [5, 5.41) is 11.2. The van der Waals surface area contributed by atoms with Crippen LogP contribution >= 0.6 is 11.8 Å². The minimum Gasteiger partial charge on any atom is -0.507 e. The summed E-state index contributed by atoms with van der Waals surface area (Å²) in [5.74, 6) is 0.753. The average Bonchev–Trinajstić information content (AvgIpc) is 3.08. The summed E-state index contributed by atoms with van der Waals surface area (Å²) in [4.78, 5) is 18.4. The molecule has 1 aromatic carbocycles. The fourth-order valence-electron chi connectivity index (χ4n) is 2.50. The monoisotopic (exact) mass is 361 g/mol. The van der Waals surface area contributed by atoms with Crippen molar-refractivity contribution in [2.24, 2.45) is 7.05 Å². The van der Waals surface area contributed by atoms with Crippen LogP contribution in [0.1, 0.15) is 0 Å². The maximum absolute atomic E-state index is 10.3. The fourth-order valence-corrected chi connectivity index (χ4v) is 3.37. The molecule has 3 aromatic heterocycles. The van der Waals surface area contributed by atoms with Crippen molar-refractivity contribution in [2.75, 3.05) is 0 Å². The van der Waals surface area contributed by atoms with E-state index in [4.69, 9.17) is 4.98 Å². The first kappa shape index (κ1) is 16.3. The van der Waals surface area contributed by atoms with Crippen molar-refractivity contribution in [3.05, 3.63) is 67.4 Å². The molecule has 3 heterocycles. The van der Waals surface area contributed by atoms with E-state index in [1.54, 1.807) is 36.9 Å². The van der Waals surface area contributed by atoms with E-state index in [2.05, 4.69) is 15.0 Å². The Morgan fingerprint density at radius 3 is 2.54 bits per heavy atom. The van der Waals surface area contributed by atoms with Crippen LogP contribution in [0, 0.1) is 0 Å². The second-order valence-electron chi connectivity index (χ2n) is 5.58. The highest BCUT2D eigenvalue weighted by atomic mass is 32.2. The summed E-state index contributed by atoms with van der Waals surface area (Å²) < 4.78 is 1.93. The third-order valence-corrected chi connectivity index (χ3v) is 4.93. The lowest BCUT2D eigenvalue weighted by Crippen LogP contribution is -1.97. The first-order valence-electron chi connectivity index (χ1n) is 7.93. The van der Waals surface area contributed by atoms with Gasteiger partial charge in [-0.2, -0.15) is 0 Å². The molecule has 0 saturated heterocycles. The van der Waals surface area contributed by atoms with Crippen LogP contribution in [0.5, 0.6) is 5.75 Å². The van der Waals surface area contributed by atoms with Crippen molar-refractivity contribution >= 4 is 11.8 Å². The van der Waals surface area contributed by atoms with E-state index in [0.29, 0.717) is 17.1 Å². The molecule has 4 aromatic rings. The van der Waals surface area contributed by atoms with Crippen LogP contribution in [0.2, 0.25) is 0 Å². The van der Waals surface area contributed by atoms with Crippen LogP contribution in [0.3, 0.4) is 0 Å². The van der Waals surface area contributed by atoms with Gasteiger partial charge in [-0.15, -0.1) is 0 Å². The number of aromatic nitrogens is 5. The van der Waals surface area contributed by atoms with Crippen molar-refractivity contribution in [1.29, 1.82) is 0 Å². The Kier molecular flexibility index (Phi) is 4.37. The molecule has 0 aliphatic heterocycles. The summed E-state index contributed by atoms with van der Waals surface area (Å²) in [5.41, 5.74) is 2.19. The number of hydrogen-bond donors (Lipinski definition) is 1. The van der Waals surface area contributed by atoms with E-state index in [0.717, 1.165) is 15.6 Å². The second kappa shape index (κ2) is 6.97. The van der Waals surface area contributed by atoms with Crippen LogP contribution in [0.25, 0.3) is 22.6 Å². The third-order valence-electron chi connectivity index (χ3n) is 3.83. The molecular formula is C19H15N5OS. The molecule has 7 heteroatoms. The normalized spacial score (nSPS) is 10.8. The van der Waals surface area contributed by atoms with Crippen molar-refractivity contribution < 1.29 is 5.11 Å². The Balaban J connectivity index is 1.86. The van der Waals surface area contributed by atoms with Crippen molar-refractivity contribution in [3.8, 4) is 28.4 Å². The Labute approximate surface area is 154 Å². The lowest BCUT2D eigenvalue weighted by molar-refractivity contribution is 0.477. The van der Waals surface area contributed by atoms with Gasteiger partial charge in [0, 0.05) is 49.2 Å². The number of pyridine rings is 1. The van der Waals surface area contributed by atoms with Crippen molar-refractivity contribution in [2.45, 2.75) is 10.1 Å². The Hall–Kier alpha value is -3.19. The molecular weight excluding hydrogens is 346 g/mol. The summed E-state index contributed by atoms with van der Waals surface area (Å²) in [6.45, 7) is 0. The van der Waals surface area contributed by atoms with Gasteiger partial charge in [-0.3, -0.25) is 4.98 Å². The van der Waals surface area contributed by atoms with E-state index in [1.165, 1.54) is 11.8 Å². The summed E-state index contributed by atoms with van der Waals surface area (Å²) >= 11 is 1.46. The molecule has 128 valence electrons. The molecule has 1 N–H and O–H groups in total. The molecule has 0 unspecified atom stereocenters. The van der Waals surface area contributed by atoms with Gasteiger partial charge in [0.1, 0.15) is 5.75 Å². The van der Waals surface area contributed by atoms with E-state index < -0.39 is 0 Å². The van der Waals surface area contributed by atoms with Gasteiger partial charge in [-0.1, -0.05) is 12.1 Å². The number of para-hydroxylation sites is 1. The van der Waals surface area contributed by atoms with Gasteiger partial charge in [0.25, 0.3) is 0 Å². The van der Waals surface area contributed by atoms with Crippen LogP contribution < -0.4 is 0 Å². The van der Waals surface area contributed by atoms with Gasteiger partial charge < -0.3 is 9.67 Å². The molecule has 0 saturated carbocycles. The largest absolute Gasteiger partial charge is 0.507 e. The predicted octanol–water partition coefficient (Wildman–Crippen LogP) is 3.80. The average molecular weight is 361 g/mol. The number of benzene rings is 1. The smallest absolute Gasteiger partial charge is 0.172 e. The van der Waals surface area contributed by atoms with E-state index in [1.807, 2.05) is 42.1 Å². The lowest BCUT2D eigenvalue weighted by atomic mass is 10.1. The molecule has 26 heavy (non-hydrogen) atoms. The van der Waals surface area contributed by atoms with E-state index in [9.17, 15) is 5.11 Å². The number of imidazole rings is 1. The highest BCUT2D eigenvalue weighted by Crippen LogP contribution is 2.37. The molecule has 0 amide bonds. The molecule has 0 fully saturated rings. The van der Waals surface area contributed by atoms with E-state index >= 15 is 0 Å². The van der Waals surface area contributed by atoms with E-state index in [-0.39, 0.29) is 5.75 Å². The molecule has 0 aliphatic rings. The molecule has 4 rings (SSSR count). The minimum absolute atomic E-state index is 0.175. The number of hydrogen-bond acceptors (Lipinski definition) is 6. The molecule has 0 aliphatic carbocycles. The summed E-state index contributed by atoms with van der Waals surface area (Å²) in [7, 11) is 1.93. The second-order valence-corrected chi connectivity index (χ2v) is 6.59. The van der Waals surface area contributed by atoms with Gasteiger partial charge in [-0.05, 0) is 36.0 Å². The van der Waals surface area contributed by atoms with Crippen molar-refractivity contribution in [3.63, 3.8) is 0 Å². The maximum Gasteiger partial charge on any atom is 0.172 e. The third kappa shape index (κ3) is 3.16. The predicted molar refractivity (Wildman–Crippen MR) is 99.7 cm³/mol. The quantitative estimate of drug-likeness (QED) is 0.596. The van der Waals surface area contributed by atoms with Crippen LogP contribution in [0.4, 0.5) is 0 Å². The van der Waals surface area contributed by atoms with Gasteiger partial charge in [0.2, 0.25) is 0 Å². The number of aryl methyl sites for hydroxylation is 1. The SMILES string of the molecule is Cn1ccnc1Sc1cnc(-c2ccncc2)nc1-c1ccccc1O. The summed E-state index contributed by atoms with van der Waals surface area (Å²) in [6.07, 6.45) is 8.80. The van der Waals surface area contributed by atoms with Crippen LogP contribution in [-0.2, 0) is 7.05 Å². The minimum atomic E-state index is 0.175. The standard InChI is InChI=1S/C19H15N5OS/c1-24-11-10-21-19(24)26-16-12-22-18(13-6-8-20-9-7-13)23-17(16)14-4-2-3-5-15(14)25/h2-12,25H,1H3. The highest BCUT2D eigenvalue weighted by molar-refractivity contribution is 7.99. The van der Waals surface area contributed by atoms with Gasteiger partial charge >= 0.3 is 0 Å². The van der Waals surface area contributed by atoms with Crippen LogP contribution in [-0.4, -0.2) is 29.6 Å². The number of phenolic OH excluding ortho intramolecular Hbond substituents is 1. The molecule has 0 bridgehead atoms. The maximum atomic E-state index is 10.3. The zero-order valence-corrected chi connectivity index (χ0v) is 14.8. The van der Waals surface area contributed by atoms with Gasteiger partial charge in [-0.25, -0.2) is 15.0 Å². The molecule has 6 nitrogen and oxygen atoms in total. The van der Waals surface area contributed by atoms with Crippen molar-refractivity contribution in [1.82, 2.24) is 24.5 Å². The Morgan fingerprint density at radius 2 is 1.81 bits per heavy atom. The lowest BCUT2D eigenvalue weighted by Gasteiger charge is -2.11. The summed E-state index contributed by atoms with van der Waals surface area (Å²) in [6, 6.07) is 10.9. The number of aromatic hydroxyl groups is 1. The number of nitrogens with zero attached hydrogens (tertiary/aromatic N) is 5. The zero-order chi connectivity index (χ0) is 17.9. The number of rotatable bonds is 4. The number of phenols is 1. The first-order valence-corrected chi connectivity index (χ1v) is 8.75. The first-order chi connectivity index (χ1) is 12.7. The van der Waals surface area contributed by atoms with Gasteiger partial charge in [0.05, 0.1) is 10.6 Å². The van der Waals surface area contributed by atoms with Gasteiger partial charge in [0.15, 0.2) is 11.0 Å². The topological polar surface area (TPSA) is 76.7 Å². The Bertz CT molecular complexity index is 1050. The zero-order valence-electron chi connectivity index (χ0n) is 13.9. The Morgan fingerprint density at radius 1 is 1.00 bits per heavy atom. The molecule has 0 atom stereocenters. The molecule has 0 radical (unpaired) electrons. The molecule has 0 spiro atoms.